The number of carbonyl (C=O) groups is 3. The van der Waals surface area contributed by atoms with Crippen LogP contribution in [0, 0.1) is 10.1 Å². The summed E-state index contributed by atoms with van der Waals surface area (Å²) in [6, 6.07) is 28.0. The molecule has 0 atom stereocenters. The first-order chi connectivity index (χ1) is 20.3. The van der Waals surface area contributed by atoms with E-state index in [1.807, 2.05) is 6.92 Å². The minimum atomic E-state index is -0.580. The molecule has 0 saturated carbocycles. The van der Waals surface area contributed by atoms with Gasteiger partial charge in [-0.3, -0.25) is 24.5 Å². The van der Waals surface area contributed by atoms with Crippen LogP contribution in [0.1, 0.15) is 33.2 Å². The van der Waals surface area contributed by atoms with Crippen LogP contribution < -0.4 is 15.4 Å². The van der Waals surface area contributed by atoms with Gasteiger partial charge in [0.25, 0.3) is 17.5 Å². The Kier molecular flexibility index (Phi) is 10.2. The molecule has 0 aliphatic rings. The van der Waals surface area contributed by atoms with Crippen molar-refractivity contribution in [2.45, 2.75) is 11.8 Å². The number of hydrogen-bond donors (Lipinski definition) is 2. The van der Waals surface area contributed by atoms with Crippen LogP contribution in [0.4, 0.5) is 11.4 Å². The maximum Gasteiger partial charge on any atom is 0.272 e. The van der Waals surface area contributed by atoms with Crippen molar-refractivity contribution in [2.24, 2.45) is 0 Å². The van der Waals surface area contributed by atoms with Gasteiger partial charge in [0.1, 0.15) is 11.4 Å². The number of nitrogens with zero attached hydrogens (tertiary/aromatic N) is 1. The number of ketones is 1. The second-order valence-electron chi connectivity index (χ2n) is 8.87. The van der Waals surface area contributed by atoms with Crippen molar-refractivity contribution in [3.8, 4) is 5.75 Å². The lowest BCUT2D eigenvalue weighted by atomic mass is 10.1. The first-order valence-corrected chi connectivity index (χ1v) is 13.9. The molecule has 0 spiro atoms. The zero-order valence-electron chi connectivity index (χ0n) is 22.6. The van der Waals surface area contributed by atoms with Crippen molar-refractivity contribution < 1.29 is 24.0 Å². The van der Waals surface area contributed by atoms with Crippen molar-refractivity contribution >= 4 is 46.8 Å². The number of thioether (sulfide) groups is 1. The van der Waals surface area contributed by atoms with Crippen LogP contribution in [-0.2, 0) is 4.79 Å². The highest BCUT2D eigenvalue weighted by Gasteiger charge is 2.16. The molecule has 10 heteroatoms. The summed E-state index contributed by atoms with van der Waals surface area (Å²) in [5.74, 6) is -0.125. The molecule has 42 heavy (non-hydrogen) atoms. The average molecular weight is 582 g/mol. The topological polar surface area (TPSA) is 128 Å². The summed E-state index contributed by atoms with van der Waals surface area (Å²) in [4.78, 5) is 49.9. The number of anilines is 1. The molecule has 4 rings (SSSR count). The average Bonchev–Trinajstić information content (AvgIpc) is 3.01. The molecule has 212 valence electrons. The number of nitrogens with one attached hydrogen (secondary N) is 2. The van der Waals surface area contributed by atoms with E-state index in [9.17, 15) is 24.5 Å². The molecule has 0 aliphatic carbocycles. The molecular weight excluding hydrogens is 554 g/mol. The van der Waals surface area contributed by atoms with Crippen molar-refractivity contribution in [3.05, 3.63) is 136 Å². The number of Topliss-reactive ketones (excluding diaryl/α,β-unsaturated/α-hetero) is 1. The van der Waals surface area contributed by atoms with Crippen LogP contribution in [0.3, 0.4) is 0 Å². The van der Waals surface area contributed by atoms with E-state index in [2.05, 4.69) is 10.6 Å². The number of nitro groups is 1. The second kappa shape index (κ2) is 14.4. The van der Waals surface area contributed by atoms with Gasteiger partial charge in [0.15, 0.2) is 5.78 Å². The van der Waals surface area contributed by atoms with Crippen molar-refractivity contribution in [2.75, 3.05) is 17.7 Å². The fourth-order valence-corrected chi connectivity index (χ4v) is 4.56. The third-order valence-corrected chi connectivity index (χ3v) is 6.93. The van der Waals surface area contributed by atoms with Crippen LogP contribution in [0.2, 0.25) is 0 Å². The van der Waals surface area contributed by atoms with Gasteiger partial charge in [-0.25, -0.2) is 0 Å². The van der Waals surface area contributed by atoms with Crippen molar-refractivity contribution in [1.29, 1.82) is 0 Å². The number of rotatable bonds is 12. The number of ether oxygens (including phenoxy) is 1. The van der Waals surface area contributed by atoms with Gasteiger partial charge in [-0.05, 0) is 91.4 Å². The Hall–Kier alpha value is -5.22. The number of carbonyl (C=O) groups excluding carboxylic acids is 3. The normalized spacial score (nSPS) is 10.9. The first-order valence-electron chi connectivity index (χ1n) is 12.9. The van der Waals surface area contributed by atoms with Gasteiger partial charge in [0.05, 0.1) is 17.3 Å². The first kappa shape index (κ1) is 29.8. The molecule has 4 aromatic carbocycles. The van der Waals surface area contributed by atoms with E-state index in [1.165, 1.54) is 42.1 Å². The molecule has 0 fully saturated rings. The van der Waals surface area contributed by atoms with Gasteiger partial charge < -0.3 is 15.4 Å². The third-order valence-electron chi connectivity index (χ3n) is 5.91. The van der Waals surface area contributed by atoms with Crippen LogP contribution >= 0.6 is 11.8 Å². The molecule has 0 radical (unpaired) electrons. The summed E-state index contributed by atoms with van der Waals surface area (Å²) in [7, 11) is 0. The molecule has 0 aromatic heterocycles. The highest BCUT2D eigenvalue weighted by molar-refractivity contribution is 8.00. The van der Waals surface area contributed by atoms with Crippen LogP contribution in [0.5, 0.6) is 5.75 Å². The number of amides is 2. The molecule has 0 aliphatic heterocycles. The van der Waals surface area contributed by atoms with Gasteiger partial charge in [-0.15, -0.1) is 11.8 Å². The lowest BCUT2D eigenvalue weighted by Crippen LogP contribution is -2.30. The zero-order valence-corrected chi connectivity index (χ0v) is 23.4. The largest absolute Gasteiger partial charge is 0.494 e. The van der Waals surface area contributed by atoms with Gasteiger partial charge in [-0.2, -0.15) is 0 Å². The molecule has 0 bridgehead atoms. The Morgan fingerprint density at radius 2 is 1.52 bits per heavy atom. The maximum absolute atomic E-state index is 13.2. The van der Waals surface area contributed by atoms with E-state index in [0.717, 1.165) is 4.90 Å². The summed E-state index contributed by atoms with van der Waals surface area (Å²) in [6.45, 7) is 2.45. The predicted molar refractivity (Wildman–Crippen MR) is 163 cm³/mol. The fraction of sp³-hybridized carbons (Fsp3) is 0.0938. The van der Waals surface area contributed by atoms with Gasteiger partial charge in [-0.1, -0.05) is 18.2 Å². The maximum atomic E-state index is 13.2. The van der Waals surface area contributed by atoms with E-state index in [-0.39, 0.29) is 22.9 Å². The number of benzene rings is 4. The highest BCUT2D eigenvalue weighted by atomic mass is 32.2. The molecule has 9 nitrogen and oxygen atoms in total. The Bertz CT molecular complexity index is 1590. The number of nitro benzene ring substituents is 1. The second-order valence-corrected chi connectivity index (χ2v) is 9.92. The Morgan fingerprint density at radius 1 is 0.857 bits per heavy atom. The molecule has 2 N–H and O–H groups in total. The Balaban J connectivity index is 1.43. The summed E-state index contributed by atoms with van der Waals surface area (Å²) in [6.07, 6.45) is 1.44. The quantitative estimate of drug-likeness (QED) is 0.0653. The van der Waals surface area contributed by atoms with E-state index < -0.39 is 16.7 Å². The standard InChI is InChI=1S/C32H27N3O6S/c1-2-41-27-16-10-23(11-17-27)30(36)21-42-28-18-12-25(13-19-28)33-32(38)29(34-31(37)24-6-4-3-5-7-24)20-22-8-14-26(15-9-22)35(39)40/h3-20H,2,21H2,1H3,(H,33,38)(H,34,37)/b29-20-. The lowest BCUT2D eigenvalue weighted by molar-refractivity contribution is -0.384. The summed E-state index contributed by atoms with van der Waals surface area (Å²) < 4.78 is 5.41. The van der Waals surface area contributed by atoms with E-state index >= 15 is 0 Å². The van der Waals surface area contributed by atoms with Crippen molar-refractivity contribution in [3.63, 3.8) is 0 Å². The van der Waals surface area contributed by atoms with Crippen LogP contribution in [0.25, 0.3) is 6.08 Å². The number of hydrogen-bond acceptors (Lipinski definition) is 7. The Labute approximate surface area is 246 Å². The smallest absolute Gasteiger partial charge is 0.272 e. The SMILES string of the molecule is CCOc1ccc(C(=O)CSc2ccc(NC(=O)/C(=C/c3ccc([N+](=O)[O-])cc3)NC(=O)c3ccccc3)cc2)cc1. The van der Waals surface area contributed by atoms with E-state index in [4.69, 9.17) is 4.74 Å². The predicted octanol–water partition coefficient (Wildman–Crippen LogP) is 6.38. The zero-order chi connectivity index (χ0) is 29.9. The van der Waals surface area contributed by atoms with E-state index in [1.54, 1.807) is 78.9 Å². The van der Waals surface area contributed by atoms with Gasteiger partial charge >= 0.3 is 0 Å². The Morgan fingerprint density at radius 3 is 2.14 bits per heavy atom. The van der Waals surface area contributed by atoms with Gasteiger partial charge in [0.2, 0.25) is 0 Å². The molecule has 4 aromatic rings. The number of non-ortho nitro benzene ring substituents is 1. The summed E-state index contributed by atoms with van der Waals surface area (Å²) in [5, 5.41) is 16.4. The minimum absolute atomic E-state index is 0.0180. The summed E-state index contributed by atoms with van der Waals surface area (Å²) >= 11 is 1.37. The molecule has 0 saturated heterocycles. The fourth-order valence-electron chi connectivity index (χ4n) is 3.77. The molecule has 0 unspecified atom stereocenters. The van der Waals surface area contributed by atoms with Crippen molar-refractivity contribution in [1.82, 2.24) is 5.32 Å². The molecular formula is C32H27N3O6S. The van der Waals surface area contributed by atoms with E-state index in [0.29, 0.717) is 34.7 Å². The minimum Gasteiger partial charge on any atom is -0.494 e. The molecule has 2 amide bonds. The summed E-state index contributed by atoms with van der Waals surface area (Å²) in [5.41, 5.74) is 1.79. The molecule has 0 heterocycles. The van der Waals surface area contributed by atoms with Gasteiger partial charge in [0, 0.05) is 33.8 Å². The van der Waals surface area contributed by atoms with Crippen LogP contribution in [-0.4, -0.2) is 34.9 Å². The monoisotopic (exact) mass is 581 g/mol. The van der Waals surface area contributed by atoms with Crippen LogP contribution in [0.15, 0.2) is 114 Å². The lowest BCUT2D eigenvalue weighted by Gasteiger charge is -2.12. The third kappa shape index (κ3) is 8.39. The highest BCUT2D eigenvalue weighted by Crippen LogP contribution is 2.23.